The molecule has 156 valence electrons. The number of hydrogen-bond donors (Lipinski definition) is 0. The van der Waals surface area contributed by atoms with Gasteiger partial charge in [-0.25, -0.2) is 12.7 Å². The van der Waals surface area contributed by atoms with Crippen molar-refractivity contribution in [2.45, 2.75) is 47.8 Å². The van der Waals surface area contributed by atoms with Crippen molar-refractivity contribution in [1.29, 1.82) is 0 Å². The summed E-state index contributed by atoms with van der Waals surface area (Å²) in [4.78, 5) is 26.8. The molecule has 2 aromatic carbocycles. The van der Waals surface area contributed by atoms with E-state index in [2.05, 4.69) is 0 Å². The molecule has 3 atom stereocenters. The Morgan fingerprint density at radius 2 is 1.60 bits per heavy atom. The number of fused-ring (bicyclic) bond motifs is 2. The maximum atomic E-state index is 13.8. The summed E-state index contributed by atoms with van der Waals surface area (Å²) in [5, 5.41) is 0. The zero-order valence-corrected chi connectivity index (χ0v) is 18.7. The van der Waals surface area contributed by atoms with E-state index in [9.17, 15) is 18.0 Å². The molecule has 0 spiro atoms. The van der Waals surface area contributed by atoms with Crippen molar-refractivity contribution in [2.75, 3.05) is 0 Å². The fraction of sp³-hybridized carbons (Fsp3) is 0.304. The lowest BCUT2D eigenvalue weighted by Crippen LogP contribution is -2.67. The molecule has 5 rings (SSSR count). The Morgan fingerprint density at radius 3 is 2.17 bits per heavy atom. The van der Waals surface area contributed by atoms with Crippen molar-refractivity contribution in [3.63, 3.8) is 0 Å². The molecule has 0 unspecified atom stereocenters. The highest BCUT2D eigenvalue weighted by atomic mass is 32.2. The number of piperidine rings is 1. The van der Waals surface area contributed by atoms with Crippen LogP contribution in [0.15, 0.2) is 70.5 Å². The van der Waals surface area contributed by atoms with Gasteiger partial charge >= 0.3 is 0 Å². The number of aryl methyl sites for hydroxylation is 2. The first-order valence-corrected chi connectivity index (χ1v) is 12.0. The number of carbonyl (C=O) groups excluding carboxylic acids is 2. The first-order valence-electron chi connectivity index (χ1n) is 9.70. The number of aldehydes is 1. The Kier molecular flexibility index (Phi) is 4.94. The van der Waals surface area contributed by atoms with Gasteiger partial charge in [-0.15, -0.1) is 11.8 Å². The Morgan fingerprint density at radius 1 is 1.03 bits per heavy atom. The molecule has 30 heavy (non-hydrogen) atoms. The molecule has 0 N–H and O–H groups in total. The molecule has 0 saturated carbocycles. The zero-order chi connectivity index (χ0) is 21.7. The van der Waals surface area contributed by atoms with Crippen LogP contribution in [0.2, 0.25) is 0 Å². The van der Waals surface area contributed by atoms with Crippen molar-refractivity contribution >= 4 is 34.0 Å². The predicted molar refractivity (Wildman–Crippen MR) is 117 cm³/mol. The minimum atomic E-state index is -4.05. The minimum Gasteiger partial charge on any atom is -0.303 e. The van der Waals surface area contributed by atoms with Gasteiger partial charge in [-0.1, -0.05) is 54.5 Å². The average Bonchev–Trinajstić information content (AvgIpc) is 2.71. The largest absolute Gasteiger partial charge is 0.303 e. The average molecular weight is 442 g/mol. The lowest BCUT2D eigenvalue weighted by atomic mass is 9.66. The topological polar surface area (TPSA) is 71.5 Å². The quantitative estimate of drug-likeness (QED) is 0.520. The van der Waals surface area contributed by atoms with Crippen LogP contribution in [0, 0.1) is 19.3 Å². The van der Waals surface area contributed by atoms with Gasteiger partial charge < -0.3 is 4.79 Å². The van der Waals surface area contributed by atoms with E-state index in [1.54, 1.807) is 31.2 Å². The lowest BCUT2D eigenvalue weighted by Gasteiger charge is -2.54. The van der Waals surface area contributed by atoms with Crippen LogP contribution in [0.4, 0.5) is 0 Å². The monoisotopic (exact) mass is 441 g/mol. The molecule has 2 aliphatic heterocycles. The van der Waals surface area contributed by atoms with Crippen LogP contribution in [-0.2, 0) is 19.6 Å². The van der Waals surface area contributed by atoms with Crippen molar-refractivity contribution in [3.8, 4) is 0 Å². The van der Waals surface area contributed by atoms with Gasteiger partial charge in [0, 0.05) is 4.90 Å². The molecule has 2 heterocycles. The molecular weight excluding hydrogens is 418 g/mol. The summed E-state index contributed by atoms with van der Waals surface area (Å²) >= 11 is 1.24. The number of carbonyl (C=O) groups is 2. The van der Waals surface area contributed by atoms with Crippen LogP contribution in [0.5, 0.6) is 0 Å². The highest BCUT2D eigenvalue weighted by molar-refractivity contribution is 8.02. The Labute approximate surface area is 181 Å². The first kappa shape index (κ1) is 20.9. The normalized spacial score (nSPS) is 28.0. The summed E-state index contributed by atoms with van der Waals surface area (Å²) in [5.41, 5.74) is 0.992. The summed E-state index contributed by atoms with van der Waals surface area (Å²) in [7, 11) is -4.05. The second-order valence-electron chi connectivity index (χ2n) is 8.24. The second kappa shape index (κ2) is 7.10. The summed E-state index contributed by atoms with van der Waals surface area (Å²) < 4.78 is 26.5. The molecule has 0 radical (unpaired) electrons. The molecule has 2 bridgehead atoms. The van der Waals surface area contributed by atoms with Gasteiger partial charge in [0.2, 0.25) is 0 Å². The fourth-order valence-electron chi connectivity index (χ4n) is 4.12. The highest BCUT2D eigenvalue weighted by Gasteiger charge is 2.64. The minimum absolute atomic E-state index is 0.0747. The van der Waals surface area contributed by atoms with E-state index in [1.165, 1.54) is 23.9 Å². The van der Waals surface area contributed by atoms with Crippen LogP contribution in [-0.4, -0.2) is 35.7 Å². The van der Waals surface area contributed by atoms with Gasteiger partial charge in [-0.05, 0) is 44.5 Å². The molecule has 1 fully saturated rings. The Balaban J connectivity index is 1.82. The number of nitrogens with zero attached hydrogens (tertiary/aromatic N) is 1. The van der Waals surface area contributed by atoms with Crippen LogP contribution in [0.25, 0.3) is 0 Å². The third kappa shape index (κ3) is 3.03. The zero-order valence-electron chi connectivity index (χ0n) is 17.0. The molecule has 1 saturated heterocycles. The number of amides is 1. The van der Waals surface area contributed by atoms with Crippen LogP contribution in [0.3, 0.4) is 0 Å². The van der Waals surface area contributed by atoms with Gasteiger partial charge in [0.1, 0.15) is 11.0 Å². The second-order valence-corrected chi connectivity index (χ2v) is 11.4. The van der Waals surface area contributed by atoms with Gasteiger partial charge in [0.15, 0.2) is 0 Å². The Bertz CT molecular complexity index is 1140. The molecule has 0 aromatic heterocycles. The van der Waals surface area contributed by atoms with Crippen molar-refractivity contribution in [2.24, 2.45) is 5.41 Å². The Hall–Kier alpha value is -2.38. The fourth-order valence-corrected chi connectivity index (χ4v) is 7.08. The standard InChI is InChI=1S/C23H23NO4S2/c1-16-4-8-19(9-5-16)29-23-13-12-18(14-22(23,3)15-25)24(21(23)26)30(27,28)20-10-6-17(2)7-11-20/h4-13,15,18H,14H2,1-3H3/t18-,22-,23+/m1/s1. The summed E-state index contributed by atoms with van der Waals surface area (Å²) in [5.74, 6) is -0.568. The molecule has 7 heteroatoms. The van der Waals surface area contributed by atoms with Crippen LogP contribution < -0.4 is 0 Å². The molecule has 3 aliphatic rings. The van der Waals surface area contributed by atoms with E-state index in [1.807, 2.05) is 38.1 Å². The number of hydrogen-bond acceptors (Lipinski definition) is 5. The smallest absolute Gasteiger partial charge is 0.267 e. The van der Waals surface area contributed by atoms with Crippen molar-refractivity contribution < 1.29 is 18.0 Å². The summed E-state index contributed by atoms with van der Waals surface area (Å²) in [6.07, 6.45) is 4.53. The van der Waals surface area contributed by atoms with E-state index in [0.717, 1.165) is 26.6 Å². The molecule has 1 aliphatic carbocycles. The van der Waals surface area contributed by atoms with Gasteiger partial charge in [0.05, 0.1) is 16.4 Å². The van der Waals surface area contributed by atoms with Crippen molar-refractivity contribution in [1.82, 2.24) is 4.31 Å². The van der Waals surface area contributed by atoms with E-state index in [4.69, 9.17) is 0 Å². The van der Waals surface area contributed by atoms with E-state index in [-0.39, 0.29) is 11.3 Å². The predicted octanol–water partition coefficient (Wildman–Crippen LogP) is 3.90. The van der Waals surface area contributed by atoms with Crippen LogP contribution >= 0.6 is 11.8 Å². The number of benzene rings is 2. The molecule has 5 nitrogen and oxygen atoms in total. The van der Waals surface area contributed by atoms with Crippen LogP contribution in [0.1, 0.15) is 24.5 Å². The van der Waals surface area contributed by atoms with Gasteiger partial charge in [-0.2, -0.15) is 0 Å². The third-order valence-electron chi connectivity index (χ3n) is 5.99. The number of rotatable bonds is 5. The third-order valence-corrected chi connectivity index (χ3v) is 9.42. The van der Waals surface area contributed by atoms with E-state index >= 15 is 0 Å². The van der Waals surface area contributed by atoms with E-state index in [0.29, 0.717) is 0 Å². The first-order chi connectivity index (χ1) is 14.1. The lowest BCUT2D eigenvalue weighted by molar-refractivity contribution is -0.141. The highest BCUT2D eigenvalue weighted by Crippen LogP contribution is 2.56. The van der Waals surface area contributed by atoms with Crippen molar-refractivity contribution in [3.05, 3.63) is 71.8 Å². The molecule has 2 aromatic rings. The number of sulfonamides is 1. The maximum Gasteiger partial charge on any atom is 0.267 e. The van der Waals surface area contributed by atoms with Gasteiger partial charge in [0.25, 0.3) is 15.9 Å². The molecule has 1 amide bonds. The SMILES string of the molecule is Cc1ccc(S[C@]23C=C[C@H](C[C@]2(C)C=O)N(S(=O)(=O)c2ccc(C)cc2)C3=O)cc1. The van der Waals surface area contributed by atoms with E-state index < -0.39 is 32.1 Å². The summed E-state index contributed by atoms with van der Waals surface area (Å²) in [6.45, 7) is 5.58. The number of thioether (sulfide) groups is 1. The summed E-state index contributed by atoms with van der Waals surface area (Å²) in [6, 6.07) is 13.4. The molecular formula is C23H23NO4S2. The maximum absolute atomic E-state index is 13.8. The van der Waals surface area contributed by atoms with Gasteiger partial charge in [-0.3, -0.25) is 4.79 Å².